The molecule has 0 spiro atoms. The zero-order chi connectivity index (χ0) is 18.1. The smallest absolute Gasteiger partial charge is 0.260 e. The number of hydrogen-bond donors (Lipinski definition) is 1. The third kappa shape index (κ3) is 5.23. The fourth-order valence-electron chi connectivity index (χ4n) is 2.30. The lowest BCUT2D eigenvalue weighted by atomic mass is 10.2. The van der Waals surface area contributed by atoms with Gasteiger partial charge in [0.1, 0.15) is 0 Å². The third-order valence-corrected chi connectivity index (χ3v) is 3.58. The second kappa shape index (κ2) is 9.30. The highest BCUT2D eigenvalue weighted by atomic mass is 16.5. The van der Waals surface area contributed by atoms with Crippen molar-refractivity contribution in [1.29, 1.82) is 5.26 Å². The van der Waals surface area contributed by atoms with E-state index in [0.29, 0.717) is 23.6 Å². The molecule has 2 aromatic carbocycles. The molecule has 0 bridgehead atoms. The van der Waals surface area contributed by atoms with Gasteiger partial charge in [0.15, 0.2) is 18.1 Å². The number of benzene rings is 2. The van der Waals surface area contributed by atoms with Crippen molar-refractivity contribution in [1.82, 2.24) is 4.90 Å². The van der Waals surface area contributed by atoms with Crippen molar-refractivity contribution in [3.8, 4) is 17.6 Å². The summed E-state index contributed by atoms with van der Waals surface area (Å²) in [6, 6.07) is 16.3. The van der Waals surface area contributed by atoms with Crippen molar-refractivity contribution in [2.75, 3.05) is 26.9 Å². The van der Waals surface area contributed by atoms with Crippen LogP contribution in [0.5, 0.6) is 11.5 Å². The Kier molecular flexibility index (Phi) is 6.81. The Morgan fingerprint density at radius 3 is 2.60 bits per heavy atom. The van der Waals surface area contributed by atoms with Crippen LogP contribution >= 0.6 is 0 Å². The molecule has 0 aromatic heterocycles. The molecule has 1 N–H and O–H groups in total. The summed E-state index contributed by atoms with van der Waals surface area (Å²) >= 11 is 0. The third-order valence-electron chi connectivity index (χ3n) is 3.58. The van der Waals surface area contributed by atoms with Crippen molar-refractivity contribution < 1.29 is 19.4 Å². The van der Waals surface area contributed by atoms with E-state index in [-0.39, 0.29) is 25.7 Å². The van der Waals surface area contributed by atoms with Crippen molar-refractivity contribution in [3.63, 3.8) is 0 Å². The van der Waals surface area contributed by atoms with Gasteiger partial charge >= 0.3 is 0 Å². The summed E-state index contributed by atoms with van der Waals surface area (Å²) in [5, 5.41) is 18.1. The number of ether oxygens (including phenoxy) is 2. The van der Waals surface area contributed by atoms with Gasteiger partial charge in [0, 0.05) is 19.2 Å². The van der Waals surface area contributed by atoms with Crippen LogP contribution in [0.3, 0.4) is 0 Å². The summed E-state index contributed by atoms with van der Waals surface area (Å²) in [5.41, 5.74) is 1.42. The van der Waals surface area contributed by atoms with Crippen LogP contribution in [0, 0.1) is 11.3 Å². The summed E-state index contributed by atoms with van der Waals surface area (Å²) in [6.07, 6.45) is 0. The number of aliphatic hydroxyl groups excluding tert-OH is 1. The van der Waals surface area contributed by atoms with E-state index in [1.807, 2.05) is 36.4 Å². The monoisotopic (exact) mass is 340 g/mol. The molecule has 0 aliphatic rings. The van der Waals surface area contributed by atoms with E-state index in [9.17, 15) is 9.90 Å². The Bertz CT molecular complexity index is 741. The molecule has 0 atom stereocenters. The van der Waals surface area contributed by atoms with Gasteiger partial charge in [-0.15, -0.1) is 0 Å². The van der Waals surface area contributed by atoms with Crippen LogP contribution in [0.25, 0.3) is 0 Å². The molecule has 0 saturated carbocycles. The van der Waals surface area contributed by atoms with Crippen molar-refractivity contribution in [2.45, 2.75) is 6.54 Å². The van der Waals surface area contributed by atoms with Crippen LogP contribution in [0.15, 0.2) is 48.5 Å². The summed E-state index contributed by atoms with van der Waals surface area (Å²) in [7, 11) is 1.47. The number of rotatable bonds is 8. The number of carbonyl (C=O) groups excluding carboxylic acids is 1. The molecule has 25 heavy (non-hydrogen) atoms. The molecule has 0 radical (unpaired) electrons. The van der Waals surface area contributed by atoms with Crippen LogP contribution in [0.4, 0.5) is 0 Å². The van der Waals surface area contributed by atoms with Crippen LogP contribution in [-0.2, 0) is 11.3 Å². The van der Waals surface area contributed by atoms with Gasteiger partial charge in [-0.2, -0.15) is 5.26 Å². The van der Waals surface area contributed by atoms with E-state index in [4.69, 9.17) is 14.7 Å². The molecule has 0 heterocycles. The van der Waals surface area contributed by atoms with Crippen LogP contribution in [0.1, 0.15) is 11.1 Å². The van der Waals surface area contributed by atoms with Gasteiger partial charge in [0.2, 0.25) is 0 Å². The number of nitriles is 1. The quantitative estimate of drug-likeness (QED) is 0.794. The molecule has 6 nitrogen and oxygen atoms in total. The van der Waals surface area contributed by atoms with Crippen LogP contribution in [0.2, 0.25) is 0 Å². The molecule has 0 aliphatic carbocycles. The largest absolute Gasteiger partial charge is 0.493 e. The highest BCUT2D eigenvalue weighted by Gasteiger charge is 2.15. The lowest BCUT2D eigenvalue weighted by molar-refractivity contribution is -0.134. The maximum atomic E-state index is 12.4. The Morgan fingerprint density at radius 2 is 1.96 bits per heavy atom. The van der Waals surface area contributed by atoms with Gasteiger partial charge in [0.05, 0.1) is 25.3 Å². The molecule has 0 fully saturated rings. The van der Waals surface area contributed by atoms with Crippen molar-refractivity contribution in [2.24, 2.45) is 0 Å². The molecule has 0 aliphatic heterocycles. The Balaban J connectivity index is 2.02. The van der Waals surface area contributed by atoms with Crippen LogP contribution in [-0.4, -0.2) is 42.8 Å². The standard InChI is InChI=1S/C19H20N2O4/c1-24-18-11-16(12-20)7-8-17(18)25-14-19(23)21(9-10-22)13-15-5-3-2-4-6-15/h2-8,11,22H,9-10,13-14H2,1H3. The van der Waals surface area contributed by atoms with Gasteiger partial charge in [-0.1, -0.05) is 30.3 Å². The molecule has 130 valence electrons. The first-order valence-electron chi connectivity index (χ1n) is 7.81. The van der Waals surface area contributed by atoms with Crippen molar-refractivity contribution >= 4 is 5.91 Å². The van der Waals surface area contributed by atoms with Gasteiger partial charge in [-0.25, -0.2) is 0 Å². The van der Waals surface area contributed by atoms with E-state index in [0.717, 1.165) is 5.56 Å². The highest BCUT2D eigenvalue weighted by molar-refractivity contribution is 5.78. The van der Waals surface area contributed by atoms with E-state index in [1.54, 1.807) is 18.2 Å². The Morgan fingerprint density at radius 1 is 1.20 bits per heavy atom. The van der Waals surface area contributed by atoms with E-state index in [1.165, 1.54) is 12.0 Å². The van der Waals surface area contributed by atoms with Gasteiger partial charge < -0.3 is 19.5 Å². The lowest BCUT2D eigenvalue weighted by Crippen LogP contribution is -2.36. The minimum absolute atomic E-state index is 0.126. The lowest BCUT2D eigenvalue weighted by Gasteiger charge is -2.22. The number of hydrogen-bond acceptors (Lipinski definition) is 5. The maximum Gasteiger partial charge on any atom is 0.260 e. The predicted octanol–water partition coefficient (Wildman–Crippen LogP) is 1.97. The number of nitrogens with zero attached hydrogens (tertiary/aromatic N) is 2. The predicted molar refractivity (Wildman–Crippen MR) is 92.1 cm³/mol. The highest BCUT2D eigenvalue weighted by Crippen LogP contribution is 2.27. The SMILES string of the molecule is COc1cc(C#N)ccc1OCC(=O)N(CCO)Cc1ccccc1. The first-order chi connectivity index (χ1) is 12.2. The molecular formula is C19H20N2O4. The van der Waals surface area contributed by atoms with E-state index in [2.05, 4.69) is 0 Å². The molecule has 1 amide bonds. The van der Waals surface area contributed by atoms with Gasteiger partial charge in [0.25, 0.3) is 5.91 Å². The topological polar surface area (TPSA) is 82.8 Å². The first-order valence-corrected chi connectivity index (χ1v) is 7.81. The molecule has 2 aromatic rings. The van der Waals surface area contributed by atoms with Gasteiger partial charge in [-0.3, -0.25) is 4.79 Å². The van der Waals surface area contributed by atoms with E-state index >= 15 is 0 Å². The van der Waals surface area contributed by atoms with Crippen LogP contribution < -0.4 is 9.47 Å². The summed E-state index contributed by atoms with van der Waals surface area (Å²) < 4.78 is 10.7. The molecule has 2 rings (SSSR count). The second-order valence-corrected chi connectivity index (χ2v) is 5.29. The first kappa shape index (κ1) is 18.3. The zero-order valence-electron chi connectivity index (χ0n) is 14.0. The maximum absolute atomic E-state index is 12.4. The number of aliphatic hydroxyl groups is 1. The average Bonchev–Trinajstić information content (AvgIpc) is 2.66. The normalized spacial score (nSPS) is 9.96. The minimum Gasteiger partial charge on any atom is -0.493 e. The number of methoxy groups -OCH3 is 1. The molecule has 0 saturated heterocycles. The molecule has 0 unspecified atom stereocenters. The number of carbonyl (C=O) groups is 1. The van der Waals surface area contributed by atoms with Gasteiger partial charge in [-0.05, 0) is 17.7 Å². The zero-order valence-corrected chi connectivity index (χ0v) is 14.0. The Hall–Kier alpha value is -3.04. The molecule has 6 heteroatoms. The van der Waals surface area contributed by atoms with E-state index < -0.39 is 0 Å². The second-order valence-electron chi connectivity index (χ2n) is 5.29. The summed E-state index contributed by atoms with van der Waals surface area (Å²) in [4.78, 5) is 14.0. The molecular weight excluding hydrogens is 320 g/mol. The van der Waals surface area contributed by atoms with Crippen molar-refractivity contribution in [3.05, 3.63) is 59.7 Å². The fourth-order valence-corrected chi connectivity index (χ4v) is 2.30. The fraction of sp³-hybridized carbons (Fsp3) is 0.263. The number of amides is 1. The minimum atomic E-state index is -0.246. The summed E-state index contributed by atoms with van der Waals surface area (Å²) in [6.45, 7) is 0.309. The average molecular weight is 340 g/mol. The Labute approximate surface area is 146 Å². The summed E-state index contributed by atoms with van der Waals surface area (Å²) in [5.74, 6) is 0.534.